The number of aryl methyl sites for hydroxylation is 1. The van der Waals surface area contributed by atoms with Gasteiger partial charge in [-0.3, -0.25) is 0 Å². The van der Waals surface area contributed by atoms with Gasteiger partial charge in [0, 0.05) is 4.47 Å². The molecule has 1 unspecified atom stereocenters. The van der Waals surface area contributed by atoms with E-state index in [0.29, 0.717) is 0 Å². The van der Waals surface area contributed by atoms with Crippen LogP contribution in [0.15, 0.2) is 59.1 Å². The number of alkyl halides is 1. The maximum Gasteiger partial charge on any atom is 0.123 e. The Bertz CT molecular complexity index is 813. The number of halogens is 3. The zero-order valence-electron chi connectivity index (χ0n) is 11.4. The van der Waals surface area contributed by atoms with E-state index < -0.39 is 0 Å². The molecular weight excluding hydrogens is 351 g/mol. The van der Waals surface area contributed by atoms with Crippen LogP contribution in [0.1, 0.15) is 22.1 Å². The van der Waals surface area contributed by atoms with Crippen molar-refractivity contribution < 1.29 is 4.39 Å². The highest BCUT2D eigenvalue weighted by atomic mass is 79.9. The fourth-order valence-electron chi connectivity index (χ4n) is 2.56. The van der Waals surface area contributed by atoms with Crippen molar-refractivity contribution in [3.63, 3.8) is 0 Å². The maximum atomic E-state index is 13.5. The molecule has 106 valence electrons. The van der Waals surface area contributed by atoms with Crippen LogP contribution < -0.4 is 0 Å². The first-order valence-corrected chi connectivity index (χ1v) is 7.88. The van der Waals surface area contributed by atoms with Gasteiger partial charge in [-0.05, 0) is 52.6 Å². The summed E-state index contributed by atoms with van der Waals surface area (Å²) in [5.41, 5.74) is 2.79. The topological polar surface area (TPSA) is 0 Å². The van der Waals surface area contributed by atoms with Crippen LogP contribution in [-0.4, -0.2) is 0 Å². The van der Waals surface area contributed by atoms with Gasteiger partial charge >= 0.3 is 0 Å². The molecule has 0 heterocycles. The number of fused-ring (bicyclic) bond motifs is 1. The number of rotatable bonds is 2. The number of hydrogen-bond acceptors (Lipinski definition) is 0. The molecule has 0 saturated heterocycles. The molecule has 0 amide bonds. The summed E-state index contributed by atoms with van der Waals surface area (Å²) in [6.07, 6.45) is 0. The molecule has 0 radical (unpaired) electrons. The SMILES string of the molecule is Cc1ccc(F)cc1C(Cl)c1ccc(Br)c2ccccc12. The molecule has 0 aliphatic heterocycles. The van der Waals surface area contributed by atoms with E-state index in [-0.39, 0.29) is 11.2 Å². The summed E-state index contributed by atoms with van der Waals surface area (Å²) in [6, 6.07) is 16.8. The number of hydrogen-bond donors (Lipinski definition) is 0. The van der Waals surface area contributed by atoms with Gasteiger partial charge in [-0.2, -0.15) is 0 Å². The second-order valence-electron chi connectivity index (χ2n) is 5.05. The summed E-state index contributed by atoms with van der Waals surface area (Å²) in [6.45, 7) is 1.95. The Morgan fingerprint density at radius 3 is 2.43 bits per heavy atom. The van der Waals surface area contributed by atoms with Crippen molar-refractivity contribution in [2.45, 2.75) is 12.3 Å². The van der Waals surface area contributed by atoms with Crippen molar-refractivity contribution in [1.82, 2.24) is 0 Å². The van der Waals surface area contributed by atoms with E-state index in [0.717, 1.165) is 31.9 Å². The monoisotopic (exact) mass is 362 g/mol. The smallest absolute Gasteiger partial charge is 0.123 e. The molecule has 0 fully saturated rings. The standard InChI is InChI=1S/C18H13BrClF/c1-11-6-7-12(21)10-16(11)18(20)15-8-9-17(19)14-5-3-2-4-13(14)15/h2-10,18H,1H3. The molecule has 0 aliphatic carbocycles. The van der Waals surface area contributed by atoms with Gasteiger partial charge in [0.25, 0.3) is 0 Å². The summed E-state index contributed by atoms with van der Waals surface area (Å²) in [4.78, 5) is 0. The van der Waals surface area contributed by atoms with Crippen LogP contribution in [-0.2, 0) is 0 Å². The molecule has 0 nitrogen and oxygen atoms in total. The van der Waals surface area contributed by atoms with Crippen LogP contribution in [0, 0.1) is 12.7 Å². The van der Waals surface area contributed by atoms with E-state index >= 15 is 0 Å². The van der Waals surface area contributed by atoms with E-state index in [1.807, 2.05) is 43.3 Å². The molecule has 0 aromatic heterocycles. The molecule has 3 aromatic rings. The average Bonchev–Trinajstić information content (AvgIpc) is 2.50. The minimum atomic E-state index is -0.376. The van der Waals surface area contributed by atoms with Gasteiger partial charge in [0.15, 0.2) is 0 Å². The lowest BCUT2D eigenvalue weighted by Gasteiger charge is -2.16. The Labute approximate surface area is 136 Å². The first-order chi connectivity index (χ1) is 10.1. The second-order valence-corrected chi connectivity index (χ2v) is 6.34. The zero-order valence-corrected chi connectivity index (χ0v) is 13.7. The summed E-state index contributed by atoms with van der Waals surface area (Å²) in [5.74, 6) is -0.261. The Morgan fingerprint density at radius 2 is 1.67 bits per heavy atom. The van der Waals surface area contributed by atoms with Crippen LogP contribution in [0.4, 0.5) is 4.39 Å². The molecule has 0 saturated carbocycles. The Hall–Kier alpha value is -1.38. The van der Waals surface area contributed by atoms with Gasteiger partial charge < -0.3 is 0 Å². The molecule has 1 atom stereocenters. The van der Waals surface area contributed by atoms with Crippen LogP contribution in [0.2, 0.25) is 0 Å². The molecule has 3 heteroatoms. The van der Waals surface area contributed by atoms with Crippen LogP contribution >= 0.6 is 27.5 Å². The average molecular weight is 364 g/mol. The van der Waals surface area contributed by atoms with Crippen LogP contribution in [0.5, 0.6) is 0 Å². The summed E-state index contributed by atoms with van der Waals surface area (Å²) in [7, 11) is 0. The maximum absolute atomic E-state index is 13.5. The highest BCUT2D eigenvalue weighted by molar-refractivity contribution is 9.10. The predicted molar refractivity (Wildman–Crippen MR) is 90.5 cm³/mol. The van der Waals surface area contributed by atoms with E-state index in [9.17, 15) is 4.39 Å². The van der Waals surface area contributed by atoms with Gasteiger partial charge in [-0.1, -0.05) is 52.3 Å². The third-order valence-electron chi connectivity index (χ3n) is 3.69. The highest BCUT2D eigenvalue weighted by Crippen LogP contribution is 2.37. The molecule has 0 bridgehead atoms. The zero-order chi connectivity index (χ0) is 15.0. The van der Waals surface area contributed by atoms with Gasteiger partial charge in [-0.15, -0.1) is 11.6 Å². The van der Waals surface area contributed by atoms with Gasteiger partial charge in [0.2, 0.25) is 0 Å². The normalized spacial score (nSPS) is 12.6. The highest BCUT2D eigenvalue weighted by Gasteiger charge is 2.17. The fourth-order valence-corrected chi connectivity index (χ4v) is 3.46. The van der Waals surface area contributed by atoms with Crippen molar-refractivity contribution in [2.75, 3.05) is 0 Å². The molecule has 0 spiro atoms. The largest absolute Gasteiger partial charge is 0.207 e. The first kappa shape index (κ1) is 14.6. The second kappa shape index (κ2) is 5.78. The Balaban J connectivity index is 2.20. The minimum Gasteiger partial charge on any atom is -0.207 e. The van der Waals surface area contributed by atoms with E-state index in [4.69, 9.17) is 11.6 Å². The third-order valence-corrected chi connectivity index (χ3v) is 4.85. The van der Waals surface area contributed by atoms with Crippen molar-refractivity contribution in [2.24, 2.45) is 0 Å². The molecule has 0 aliphatic rings. The molecular formula is C18H13BrClF. The lowest BCUT2D eigenvalue weighted by Crippen LogP contribution is -1.98. The predicted octanol–water partition coefficient (Wildman–Crippen LogP) is 6.38. The summed E-state index contributed by atoms with van der Waals surface area (Å²) in [5, 5.41) is 1.81. The van der Waals surface area contributed by atoms with Gasteiger partial charge in [0.05, 0.1) is 5.38 Å². The van der Waals surface area contributed by atoms with Crippen LogP contribution in [0.25, 0.3) is 10.8 Å². The van der Waals surface area contributed by atoms with Crippen molar-refractivity contribution >= 4 is 38.3 Å². The van der Waals surface area contributed by atoms with Crippen molar-refractivity contribution in [1.29, 1.82) is 0 Å². The lowest BCUT2D eigenvalue weighted by atomic mass is 9.95. The Morgan fingerprint density at radius 1 is 0.952 bits per heavy atom. The number of benzene rings is 3. The first-order valence-electron chi connectivity index (χ1n) is 6.65. The molecule has 21 heavy (non-hydrogen) atoms. The van der Waals surface area contributed by atoms with E-state index in [1.54, 1.807) is 6.07 Å². The Kier molecular flexibility index (Phi) is 4.01. The molecule has 0 N–H and O–H groups in total. The van der Waals surface area contributed by atoms with Gasteiger partial charge in [-0.25, -0.2) is 4.39 Å². The fraction of sp³-hybridized carbons (Fsp3) is 0.111. The summed E-state index contributed by atoms with van der Waals surface area (Å²) < 4.78 is 14.6. The minimum absolute atomic E-state index is 0.261. The van der Waals surface area contributed by atoms with Gasteiger partial charge in [0.1, 0.15) is 5.82 Å². The lowest BCUT2D eigenvalue weighted by molar-refractivity contribution is 0.625. The van der Waals surface area contributed by atoms with Crippen molar-refractivity contribution in [3.05, 3.63) is 81.6 Å². The molecule has 3 aromatic carbocycles. The van der Waals surface area contributed by atoms with E-state index in [1.165, 1.54) is 12.1 Å². The van der Waals surface area contributed by atoms with Crippen molar-refractivity contribution in [3.8, 4) is 0 Å². The summed E-state index contributed by atoms with van der Waals surface area (Å²) >= 11 is 10.2. The molecule has 3 rings (SSSR count). The van der Waals surface area contributed by atoms with E-state index in [2.05, 4.69) is 15.9 Å². The quantitative estimate of drug-likeness (QED) is 0.463. The van der Waals surface area contributed by atoms with Crippen LogP contribution in [0.3, 0.4) is 0 Å². The third kappa shape index (κ3) is 2.70.